The van der Waals surface area contributed by atoms with Gasteiger partial charge in [0, 0.05) is 0 Å². The number of ether oxygens (including phenoxy) is 1. The third-order valence-corrected chi connectivity index (χ3v) is 2.36. The lowest BCUT2D eigenvalue weighted by Gasteiger charge is -2.09. The molecule has 0 radical (unpaired) electrons. The van der Waals surface area contributed by atoms with Crippen LogP contribution in [0.3, 0.4) is 0 Å². The number of nitrogens with zero attached hydrogens (tertiary/aromatic N) is 3. The van der Waals surface area contributed by atoms with Crippen molar-refractivity contribution in [1.29, 1.82) is 0 Å². The Morgan fingerprint density at radius 2 is 2.00 bits per heavy atom. The van der Waals surface area contributed by atoms with Crippen LogP contribution in [0.4, 0.5) is 0 Å². The van der Waals surface area contributed by atoms with Crippen molar-refractivity contribution >= 4 is 11.6 Å². The molecule has 1 heterocycles. The second-order valence-corrected chi connectivity index (χ2v) is 3.36. The first-order valence-corrected chi connectivity index (χ1v) is 4.82. The fourth-order valence-electron chi connectivity index (χ4n) is 1.42. The van der Waals surface area contributed by atoms with E-state index in [1.54, 1.807) is 11.7 Å². The van der Waals surface area contributed by atoms with Gasteiger partial charge in [-0.25, -0.2) is 0 Å². The Morgan fingerprint density at radius 1 is 1.27 bits per heavy atom. The average Bonchev–Trinajstić information content (AvgIpc) is 2.59. The van der Waals surface area contributed by atoms with Gasteiger partial charge >= 0.3 is 0 Å². The van der Waals surface area contributed by atoms with Crippen molar-refractivity contribution in [2.75, 3.05) is 7.11 Å². The van der Waals surface area contributed by atoms with E-state index >= 15 is 0 Å². The maximum Gasteiger partial charge on any atom is 0.229 e. The molecular formula is C10H10ClN3O. The van der Waals surface area contributed by atoms with Crippen molar-refractivity contribution in [2.24, 2.45) is 0 Å². The Labute approximate surface area is 92.5 Å². The van der Waals surface area contributed by atoms with E-state index in [0.29, 0.717) is 5.28 Å². The zero-order valence-corrected chi connectivity index (χ0v) is 9.19. The molecule has 0 aliphatic carbocycles. The number of para-hydroxylation sites is 2. The van der Waals surface area contributed by atoms with Gasteiger partial charge in [-0.1, -0.05) is 12.1 Å². The molecule has 1 aromatic carbocycles. The van der Waals surface area contributed by atoms with Crippen LogP contribution in [0.1, 0.15) is 5.82 Å². The van der Waals surface area contributed by atoms with Gasteiger partial charge in [0.05, 0.1) is 12.8 Å². The first kappa shape index (κ1) is 9.98. The van der Waals surface area contributed by atoms with Gasteiger partial charge in [0.15, 0.2) is 0 Å². The maximum atomic E-state index is 5.94. The van der Waals surface area contributed by atoms with Crippen LogP contribution in [0, 0.1) is 6.92 Å². The highest BCUT2D eigenvalue weighted by molar-refractivity contribution is 6.28. The molecule has 5 heteroatoms. The van der Waals surface area contributed by atoms with E-state index in [1.807, 2.05) is 31.2 Å². The van der Waals surface area contributed by atoms with Gasteiger partial charge in [-0.3, -0.25) is 4.57 Å². The van der Waals surface area contributed by atoms with Gasteiger partial charge in [0.25, 0.3) is 0 Å². The number of methoxy groups -OCH3 is 1. The molecule has 0 aliphatic heterocycles. The van der Waals surface area contributed by atoms with Gasteiger partial charge < -0.3 is 4.74 Å². The largest absolute Gasteiger partial charge is 0.495 e. The molecule has 1 aromatic heterocycles. The Hall–Kier alpha value is -1.55. The first-order chi connectivity index (χ1) is 7.24. The lowest BCUT2D eigenvalue weighted by molar-refractivity contribution is 0.412. The van der Waals surface area contributed by atoms with Gasteiger partial charge in [-0.2, -0.15) is 0 Å². The van der Waals surface area contributed by atoms with Crippen molar-refractivity contribution in [3.63, 3.8) is 0 Å². The fraction of sp³-hybridized carbons (Fsp3) is 0.200. The Morgan fingerprint density at radius 3 is 2.60 bits per heavy atom. The molecule has 4 nitrogen and oxygen atoms in total. The zero-order chi connectivity index (χ0) is 10.8. The molecule has 0 bridgehead atoms. The molecule has 0 fully saturated rings. The lowest BCUT2D eigenvalue weighted by Crippen LogP contribution is -2.00. The van der Waals surface area contributed by atoms with Gasteiger partial charge in [-0.15, -0.1) is 10.2 Å². The Bertz CT molecular complexity index is 462. The van der Waals surface area contributed by atoms with Crippen LogP contribution in [0.5, 0.6) is 5.75 Å². The molecule has 78 valence electrons. The minimum atomic E-state index is 0.331. The normalized spacial score (nSPS) is 10.3. The topological polar surface area (TPSA) is 39.9 Å². The van der Waals surface area contributed by atoms with Crippen molar-refractivity contribution in [2.45, 2.75) is 6.92 Å². The smallest absolute Gasteiger partial charge is 0.229 e. The van der Waals surface area contributed by atoms with Crippen LogP contribution in [0.15, 0.2) is 24.3 Å². The summed E-state index contributed by atoms with van der Waals surface area (Å²) in [7, 11) is 1.62. The highest BCUT2D eigenvalue weighted by atomic mass is 35.5. The molecule has 0 N–H and O–H groups in total. The van der Waals surface area contributed by atoms with Gasteiger partial charge in [-0.05, 0) is 30.7 Å². The summed E-state index contributed by atoms with van der Waals surface area (Å²) in [4.78, 5) is 0. The van der Waals surface area contributed by atoms with E-state index in [4.69, 9.17) is 16.3 Å². The molecule has 2 rings (SSSR count). The molecule has 15 heavy (non-hydrogen) atoms. The SMILES string of the molecule is COc1ccccc1-n1c(C)nnc1Cl. The van der Waals surface area contributed by atoms with Crippen LogP contribution in [-0.4, -0.2) is 21.9 Å². The summed E-state index contributed by atoms with van der Waals surface area (Å²) in [5.74, 6) is 1.46. The first-order valence-electron chi connectivity index (χ1n) is 4.45. The predicted molar refractivity (Wildman–Crippen MR) is 57.7 cm³/mol. The number of aromatic nitrogens is 3. The Balaban J connectivity index is 2.63. The van der Waals surface area contributed by atoms with Crippen molar-refractivity contribution in [1.82, 2.24) is 14.8 Å². The highest BCUT2D eigenvalue weighted by Gasteiger charge is 2.11. The molecule has 0 aliphatic rings. The summed E-state index contributed by atoms with van der Waals surface area (Å²) >= 11 is 5.94. The number of halogens is 1. The monoisotopic (exact) mass is 223 g/mol. The minimum Gasteiger partial charge on any atom is -0.495 e. The maximum absolute atomic E-state index is 5.94. The van der Waals surface area contributed by atoms with E-state index in [-0.39, 0.29) is 0 Å². The van der Waals surface area contributed by atoms with Crippen LogP contribution in [0.2, 0.25) is 5.28 Å². The number of aryl methyl sites for hydroxylation is 1. The third-order valence-electron chi connectivity index (χ3n) is 2.11. The number of rotatable bonds is 2. The van der Waals surface area contributed by atoms with E-state index < -0.39 is 0 Å². The summed E-state index contributed by atoms with van der Waals surface area (Å²) in [6.45, 7) is 1.84. The van der Waals surface area contributed by atoms with Crippen molar-refractivity contribution < 1.29 is 4.74 Å². The highest BCUT2D eigenvalue weighted by Crippen LogP contribution is 2.25. The molecule has 0 saturated carbocycles. The number of hydrogen-bond acceptors (Lipinski definition) is 3. The third kappa shape index (κ3) is 1.68. The van der Waals surface area contributed by atoms with Crippen LogP contribution in [0.25, 0.3) is 5.69 Å². The second-order valence-electron chi connectivity index (χ2n) is 3.02. The molecule has 0 unspecified atom stereocenters. The standard InChI is InChI=1S/C10H10ClN3O/c1-7-12-13-10(11)14(7)8-5-3-4-6-9(8)15-2/h3-6H,1-2H3. The van der Waals surface area contributed by atoms with Gasteiger partial charge in [0.2, 0.25) is 5.28 Å². The van der Waals surface area contributed by atoms with E-state index in [1.165, 1.54) is 0 Å². The summed E-state index contributed by atoms with van der Waals surface area (Å²) in [5, 5.41) is 8.01. The molecule has 0 amide bonds. The van der Waals surface area contributed by atoms with Crippen LogP contribution in [-0.2, 0) is 0 Å². The quantitative estimate of drug-likeness (QED) is 0.784. The van der Waals surface area contributed by atoms with Crippen LogP contribution < -0.4 is 4.74 Å². The molecule has 0 saturated heterocycles. The fourth-order valence-corrected chi connectivity index (χ4v) is 1.68. The number of benzene rings is 1. The molecule has 0 atom stereocenters. The van der Waals surface area contributed by atoms with E-state index in [2.05, 4.69) is 10.2 Å². The predicted octanol–water partition coefficient (Wildman–Crippen LogP) is 2.24. The zero-order valence-electron chi connectivity index (χ0n) is 8.44. The molecule has 2 aromatic rings. The summed E-state index contributed by atoms with van der Waals surface area (Å²) in [6, 6.07) is 7.58. The Kier molecular flexibility index (Phi) is 2.60. The summed E-state index contributed by atoms with van der Waals surface area (Å²) < 4.78 is 6.98. The van der Waals surface area contributed by atoms with Crippen molar-refractivity contribution in [3.8, 4) is 11.4 Å². The van der Waals surface area contributed by atoms with E-state index in [9.17, 15) is 0 Å². The summed E-state index contributed by atoms with van der Waals surface area (Å²) in [6.07, 6.45) is 0. The summed E-state index contributed by atoms with van der Waals surface area (Å²) in [5.41, 5.74) is 0.840. The number of hydrogen-bond donors (Lipinski definition) is 0. The van der Waals surface area contributed by atoms with Crippen LogP contribution >= 0.6 is 11.6 Å². The molecule has 0 spiro atoms. The van der Waals surface area contributed by atoms with Crippen molar-refractivity contribution in [3.05, 3.63) is 35.4 Å². The second kappa shape index (κ2) is 3.90. The van der Waals surface area contributed by atoms with Gasteiger partial charge in [0.1, 0.15) is 11.6 Å². The van der Waals surface area contributed by atoms with E-state index in [0.717, 1.165) is 17.3 Å². The average molecular weight is 224 g/mol. The molecular weight excluding hydrogens is 214 g/mol. The minimum absolute atomic E-state index is 0.331. The lowest BCUT2D eigenvalue weighted by atomic mass is 10.3.